The number of hydrogen-bond acceptors (Lipinski definition) is 7. The van der Waals surface area contributed by atoms with E-state index in [1.165, 1.54) is 4.90 Å². The van der Waals surface area contributed by atoms with Crippen LogP contribution in [-0.4, -0.2) is 104 Å². The summed E-state index contributed by atoms with van der Waals surface area (Å²) in [5, 5.41) is 13.7. The van der Waals surface area contributed by atoms with Gasteiger partial charge in [-0.2, -0.15) is 0 Å². The second-order valence-electron chi connectivity index (χ2n) is 7.82. The number of urea groups is 1. The zero-order valence-corrected chi connectivity index (χ0v) is 18.6. The Morgan fingerprint density at radius 1 is 1.15 bits per heavy atom. The molecule has 2 aliphatic heterocycles. The van der Waals surface area contributed by atoms with E-state index in [2.05, 4.69) is 10.6 Å². The molecule has 3 N–H and O–H groups in total. The van der Waals surface area contributed by atoms with E-state index in [0.29, 0.717) is 31.9 Å². The predicted molar refractivity (Wildman–Crippen MR) is 115 cm³/mol. The van der Waals surface area contributed by atoms with E-state index < -0.39 is 58.0 Å². The minimum absolute atomic E-state index is 0.0161. The van der Waals surface area contributed by atoms with Crippen molar-refractivity contribution in [1.29, 1.82) is 0 Å². The van der Waals surface area contributed by atoms with Gasteiger partial charge in [-0.25, -0.2) is 13.2 Å². The van der Waals surface area contributed by atoms with Gasteiger partial charge < -0.3 is 30.3 Å². The third-order valence-electron chi connectivity index (χ3n) is 5.22. The highest BCUT2D eigenvalue weighted by atomic mass is 32.2. The van der Waals surface area contributed by atoms with E-state index in [-0.39, 0.29) is 12.3 Å². The van der Waals surface area contributed by atoms with Crippen molar-refractivity contribution in [2.75, 3.05) is 45.1 Å². The van der Waals surface area contributed by atoms with Gasteiger partial charge in [0.2, 0.25) is 11.8 Å². The van der Waals surface area contributed by atoms with Gasteiger partial charge in [-0.15, -0.1) is 0 Å². The maximum absolute atomic E-state index is 12.8. The lowest BCUT2D eigenvalue weighted by atomic mass is 10.1. The number of nitrogens with zero attached hydrogens (tertiary/aromatic N) is 2. The smallest absolute Gasteiger partial charge is 0.323 e. The quantitative estimate of drug-likeness (QED) is 0.355. The maximum Gasteiger partial charge on any atom is 0.323 e. The lowest BCUT2D eigenvalue weighted by molar-refractivity contribution is -0.153. The summed E-state index contributed by atoms with van der Waals surface area (Å²) < 4.78 is 30.7. The molecule has 2 saturated heterocycles. The minimum Gasteiger partial charge on any atom is -0.480 e. The van der Waals surface area contributed by atoms with Gasteiger partial charge in [-0.3, -0.25) is 14.4 Å². The van der Waals surface area contributed by atoms with Crippen molar-refractivity contribution in [3.8, 4) is 0 Å². The molecule has 3 rings (SSSR count). The molecule has 0 saturated carbocycles. The van der Waals surface area contributed by atoms with Crippen LogP contribution in [0.3, 0.4) is 0 Å². The Kier molecular flexibility index (Phi) is 7.87. The van der Waals surface area contributed by atoms with Crippen LogP contribution in [0.25, 0.3) is 0 Å². The summed E-state index contributed by atoms with van der Waals surface area (Å²) in [4.78, 5) is 50.7. The van der Waals surface area contributed by atoms with Gasteiger partial charge in [0.15, 0.2) is 9.84 Å². The molecule has 1 aromatic rings. The fourth-order valence-electron chi connectivity index (χ4n) is 3.51. The summed E-state index contributed by atoms with van der Waals surface area (Å²) >= 11 is 0. The molecule has 0 spiro atoms. The first-order valence-electron chi connectivity index (χ1n) is 10.3. The molecule has 33 heavy (non-hydrogen) atoms. The largest absolute Gasteiger partial charge is 0.480 e. The van der Waals surface area contributed by atoms with E-state index in [1.54, 1.807) is 30.3 Å². The standard InChI is InChI=1S/C20H26N4O8S/c25-17(26)11-24-10-15(19(24)28)21-18(27)16(22-20(29)23-6-8-32-9-7-23)13-33(30,31)12-14-4-2-1-3-5-14/h1-5,15-16H,6-13H2,(H,21,27)(H,22,29)(H,25,26). The summed E-state index contributed by atoms with van der Waals surface area (Å²) in [6.07, 6.45) is 0. The predicted octanol–water partition coefficient (Wildman–Crippen LogP) is -1.58. The fourth-order valence-corrected chi connectivity index (χ4v) is 5.07. The normalized spacial score (nSPS) is 19.4. The number of amides is 4. The van der Waals surface area contributed by atoms with Gasteiger partial charge in [0.25, 0.3) is 0 Å². The van der Waals surface area contributed by atoms with Crippen LogP contribution in [0, 0.1) is 0 Å². The number of hydrogen-bond donors (Lipinski definition) is 3. The molecule has 2 aliphatic rings. The summed E-state index contributed by atoms with van der Waals surface area (Å²) in [7, 11) is -3.81. The molecular formula is C20H26N4O8S. The van der Waals surface area contributed by atoms with Crippen LogP contribution in [0.15, 0.2) is 30.3 Å². The Bertz CT molecular complexity index is 995. The highest BCUT2D eigenvalue weighted by Gasteiger charge is 2.40. The molecule has 13 heteroatoms. The maximum atomic E-state index is 12.8. The number of likely N-dealkylation sites (tertiary alicyclic amines) is 1. The molecule has 2 unspecified atom stereocenters. The summed E-state index contributed by atoms with van der Waals surface area (Å²) in [6.45, 7) is 0.731. The molecule has 0 radical (unpaired) electrons. The van der Waals surface area contributed by atoms with Crippen LogP contribution in [0.1, 0.15) is 5.56 Å². The van der Waals surface area contributed by atoms with Crippen LogP contribution in [0.2, 0.25) is 0 Å². The molecule has 12 nitrogen and oxygen atoms in total. The van der Waals surface area contributed by atoms with Crippen molar-refractivity contribution in [2.24, 2.45) is 0 Å². The number of carboxylic acid groups (broad SMARTS) is 1. The molecule has 1 aromatic carbocycles. The van der Waals surface area contributed by atoms with Crippen molar-refractivity contribution in [1.82, 2.24) is 20.4 Å². The monoisotopic (exact) mass is 482 g/mol. The van der Waals surface area contributed by atoms with Crippen LogP contribution in [0.4, 0.5) is 4.79 Å². The van der Waals surface area contributed by atoms with Crippen molar-refractivity contribution < 1.29 is 37.4 Å². The molecule has 0 aliphatic carbocycles. The summed E-state index contributed by atoms with van der Waals surface area (Å²) in [6, 6.07) is 5.40. The first kappa shape index (κ1) is 24.5. The van der Waals surface area contributed by atoms with Crippen LogP contribution < -0.4 is 10.6 Å². The Labute approximate surface area is 190 Å². The molecule has 0 bridgehead atoms. The number of aliphatic carboxylic acids is 1. The number of sulfone groups is 1. The third-order valence-corrected chi connectivity index (χ3v) is 6.83. The van der Waals surface area contributed by atoms with Gasteiger partial charge in [-0.05, 0) is 5.56 Å². The average Bonchev–Trinajstić information content (AvgIpc) is 2.78. The SMILES string of the molecule is O=C(O)CN1CC(NC(=O)C(CS(=O)(=O)Cc2ccccc2)NC(=O)N2CCOCC2)C1=O. The molecule has 4 amide bonds. The fraction of sp³-hybridized carbons (Fsp3) is 0.500. The lowest BCUT2D eigenvalue weighted by Gasteiger charge is -2.38. The number of carboxylic acids is 1. The van der Waals surface area contributed by atoms with Crippen molar-refractivity contribution >= 4 is 33.7 Å². The van der Waals surface area contributed by atoms with E-state index >= 15 is 0 Å². The first-order chi connectivity index (χ1) is 15.6. The second kappa shape index (κ2) is 10.6. The van der Waals surface area contributed by atoms with Crippen molar-refractivity contribution in [3.63, 3.8) is 0 Å². The van der Waals surface area contributed by atoms with Crippen LogP contribution in [-0.2, 0) is 34.7 Å². The number of ether oxygens (including phenoxy) is 1. The van der Waals surface area contributed by atoms with Crippen LogP contribution in [0.5, 0.6) is 0 Å². The van der Waals surface area contributed by atoms with Gasteiger partial charge in [0.1, 0.15) is 18.6 Å². The van der Waals surface area contributed by atoms with Crippen molar-refractivity contribution in [2.45, 2.75) is 17.8 Å². The third kappa shape index (κ3) is 6.89. The number of morpholine rings is 1. The van der Waals surface area contributed by atoms with Crippen LogP contribution >= 0.6 is 0 Å². The van der Waals surface area contributed by atoms with Crippen molar-refractivity contribution in [3.05, 3.63) is 35.9 Å². The van der Waals surface area contributed by atoms with Gasteiger partial charge >= 0.3 is 12.0 Å². The molecular weight excluding hydrogens is 456 g/mol. The zero-order chi connectivity index (χ0) is 24.0. The van der Waals surface area contributed by atoms with E-state index in [4.69, 9.17) is 9.84 Å². The Hall–Kier alpha value is -3.19. The molecule has 2 heterocycles. The number of carbonyl (C=O) groups excluding carboxylic acids is 3. The first-order valence-corrected chi connectivity index (χ1v) is 12.2. The molecule has 2 atom stereocenters. The molecule has 180 valence electrons. The van der Waals surface area contributed by atoms with E-state index in [1.807, 2.05) is 0 Å². The lowest BCUT2D eigenvalue weighted by Crippen LogP contribution is -2.67. The Morgan fingerprint density at radius 2 is 1.82 bits per heavy atom. The van der Waals surface area contributed by atoms with Gasteiger partial charge in [-0.1, -0.05) is 30.3 Å². The highest BCUT2D eigenvalue weighted by molar-refractivity contribution is 7.90. The topological polar surface area (TPSA) is 162 Å². The van der Waals surface area contributed by atoms with E-state index in [0.717, 1.165) is 4.90 Å². The molecule has 2 fully saturated rings. The number of rotatable bonds is 9. The Balaban J connectivity index is 1.68. The number of carbonyl (C=O) groups is 4. The van der Waals surface area contributed by atoms with Gasteiger partial charge in [0.05, 0.1) is 31.3 Å². The average molecular weight is 483 g/mol. The zero-order valence-electron chi connectivity index (χ0n) is 17.8. The Morgan fingerprint density at radius 3 is 2.42 bits per heavy atom. The van der Waals surface area contributed by atoms with E-state index in [9.17, 15) is 27.6 Å². The molecule has 0 aromatic heterocycles. The number of β-lactam (4-membered cyclic amide) rings is 1. The summed E-state index contributed by atoms with van der Waals surface area (Å²) in [5.74, 6) is -3.59. The second-order valence-corrected chi connectivity index (χ2v) is 9.92. The number of benzene rings is 1. The van der Waals surface area contributed by atoms with Gasteiger partial charge in [0, 0.05) is 13.1 Å². The minimum atomic E-state index is -3.81. The number of nitrogens with one attached hydrogen (secondary N) is 2. The highest BCUT2D eigenvalue weighted by Crippen LogP contribution is 2.12. The summed E-state index contributed by atoms with van der Waals surface area (Å²) in [5.41, 5.74) is 0.537.